The number of halogens is 3. The molecule has 2 aromatic rings. The molecule has 0 saturated carbocycles. The highest BCUT2D eigenvalue weighted by Crippen LogP contribution is 2.18. The quantitative estimate of drug-likeness (QED) is 0.887. The second kappa shape index (κ2) is 5.81. The van der Waals surface area contributed by atoms with Crippen molar-refractivity contribution in [1.29, 1.82) is 0 Å². The number of aromatic nitrogens is 3. The Bertz CT molecular complexity index is 551. The first-order valence-electron chi connectivity index (χ1n) is 5.82. The molecular weight excluding hydrogens is 273 g/mol. The third-order valence-electron chi connectivity index (χ3n) is 2.51. The molecule has 0 radical (unpaired) electrons. The smallest absolute Gasteiger partial charge is 0.422 e. The molecule has 0 atom stereocenters. The monoisotopic (exact) mass is 286 g/mol. The maximum atomic E-state index is 12.0. The Morgan fingerprint density at radius 2 is 2.10 bits per heavy atom. The zero-order chi connectivity index (χ0) is 14.6. The third-order valence-corrected chi connectivity index (χ3v) is 2.51. The topological polar surface area (TPSA) is 62.8 Å². The zero-order valence-electron chi connectivity index (χ0n) is 10.7. The lowest BCUT2D eigenvalue weighted by Crippen LogP contribution is -2.19. The number of imidazole rings is 1. The highest BCUT2D eigenvalue weighted by molar-refractivity contribution is 5.42. The van der Waals surface area contributed by atoms with E-state index >= 15 is 0 Å². The van der Waals surface area contributed by atoms with Gasteiger partial charge in [0.05, 0.1) is 30.5 Å². The molecule has 0 aliphatic rings. The maximum absolute atomic E-state index is 12.0. The molecule has 0 bridgehead atoms. The van der Waals surface area contributed by atoms with Crippen LogP contribution in [0.1, 0.15) is 11.4 Å². The molecule has 5 nitrogen and oxygen atoms in total. The Balaban J connectivity index is 1.87. The number of pyridine rings is 1. The number of aromatic amines is 1. The Morgan fingerprint density at radius 1 is 1.30 bits per heavy atom. The van der Waals surface area contributed by atoms with Crippen molar-refractivity contribution in [3.8, 4) is 5.88 Å². The van der Waals surface area contributed by atoms with E-state index in [1.54, 1.807) is 12.4 Å². The number of hydrogen-bond donors (Lipinski definition) is 2. The first-order valence-corrected chi connectivity index (χ1v) is 5.82. The van der Waals surface area contributed by atoms with E-state index in [1.807, 2.05) is 6.92 Å². The number of rotatable bonds is 5. The van der Waals surface area contributed by atoms with Crippen LogP contribution in [0.5, 0.6) is 5.88 Å². The molecule has 0 aliphatic heterocycles. The molecule has 0 unspecified atom stereocenters. The van der Waals surface area contributed by atoms with Crippen molar-refractivity contribution in [2.75, 3.05) is 11.9 Å². The minimum Gasteiger partial charge on any atom is -0.468 e. The lowest BCUT2D eigenvalue weighted by Gasteiger charge is -2.09. The summed E-state index contributed by atoms with van der Waals surface area (Å²) in [6.45, 7) is 1.05. The molecule has 2 N–H and O–H groups in total. The fraction of sp³-hybridized carbons (Fsp3) is 0.333. The predicted octanol–water partition coefficient (Wildman–Crippen LogP) is 2.67. The van der Waals surface area contributed by atoms with Crippen LogP contribution < -0.4 is 10.1 Å². The molecule has 0 fully saturated rings. The number of ether oxygens (including phenoxy) is 1. The molecule has 0 spiro atoms. The average molecular weight is 286 g/mol. The summed E-state index contributed by atoms with van der Waals surface area (Å²) in [5, 5.41) is 3.06. The molecule has 2 aromatic heterocycles. The lowest BCUT2D eigenvalue weighted by atomic mass is 10.3. The third kappa shape index (κ3) is 4.15. The number of H-pyrrole nitrogens is 1. The largest absolute Gasteiger partial charge is 0.468 e. The minimum absolute atomic E-state index is 0.0659. The van der Waals surface area contributed by atoms with E-state index in [9.17, 15) is 13.2 Å². The van der Waals surface area contributed by atoms with Crippen LogP contribution in [0.15, 0.2) is 24.7 Å². The number of alkyl halides is 3. The van der Waals surface area contributed by atoms with Gasteiger partial charge in [0, 0.05) is 11.8 Å². The van der Waals surface area contributed by atoms with Crippen LogP contribution >= 0.6 is 0 Å². The fourth-order valence-corrected chi connectivity index (χ4v) is 1.48. The Labute approximate surface area is 113 Å². The summed E-state index contributed by atoms with van der Waals surface area (Å²) in [6.07, 6.45) is -1.36. The summed E-state index contributed by atoms with van der Waals surface area (Å²) in [7, 11) is 0. The summed E-state index contributed by atoms with van der Waals surface area (Å²) in [5.74, 6) is -0.0659. The van der Waals surface area contributed by atoms with Gasteiger partial charge in [-0.25, -0.2) is 9.97 Å². The molecule has 20 heavy (non-hydrogen) atoms. The van der Waals surface area contributed by atoms with Crippen LogP contribution in [-0.2, 0) is 6.54 Å². The van der Waals surface area contributed by atoms with E-state index in [0.717, 1.165) is 11.4 Å². The number of aryl methyl sites for hydroxylation is 1. The van der Waals surface area contributed by atoms with Crippen LogP contribution in [0.4, 0.5) is 18.9 Å². The molecule has 0 amide bonds. The van der Waals surface area contributed by atoms with E-state index in [-0.39, 0.29) is 5.88 Å². The van der Waals surface area contributed by atoms with Gasteiger partial charge in [-0.3, -0.25) is 0 Å². The van der Waals surface area contributed by atoms with Crippen molar-refractivity contribution in [3.63, 3.8) is 0 Å². The number of anilines is 1. The summed E-state index contributed by atoms with van der Waals surface area (Å²) in [6, 6.07) is 2.98. The van der Waals surface area contributed by atoms with Gasteiger partial charge in [-0.1, -0.05) is 0 Å². The zero-order valence-corrected chi connectivity index (χ0v) is 10.7. The summed E-state index contributed by atoms with van der Waals surface area (Å²) >= 11 is 0. The summed E-state index contributed by atoms with van der Waals surface area (Å²) < 4.78 is 40.4. The van der Waals surface area contributed by atoms with Gasteiger partial charge >= 0.3 is 6.18 Å². The summed E-state index contributed by atoms with van der Waals surface area (Å²) in [4.78, 5) is 10.9. The second-order valence-electron chi connectivity index (χ2n) is 4.12. The first kappa shape index (κ1) is 14.2. The number of hydrogen-bond acceptors (Lipinski definition) is 4. The van der Waals surface area contributed by atoms with E-state index in [4.69, 9.17) is 0 Å². The van der Waals surface area contributed by atoms with Gasteiger partial charge in [0.25, 0.3) is 0 Å². The van der Waals surface area contributed by atoms with Crippen molar-refractivity contribution in [3.05, 3.63) is 36.0 Å². The SMILES string of the molecule is Cc1[nH]cnc1CNc1ccc(OCC(F)(F)F)nc1. The van der Waals surface area contributed by atoms with Gasteiger partial charge < -0.3 is 15.0 Å². The van der Waals surface area contributed by atoms with Crippen LogP contribution in [0.25, 0.3) is 0 Å². The van der Waals surface area contributed by atoms with Crippen molar-refractivity contribution in [1.82, 2.24) is 15.0 Å². The van der Waals surface area contributed by atoms with E-state index in [2.05, 4.69) is 25.0 Å². The van der Waals surface area contributed by atoms with Crippen LogP contribution in [0, 0.1) is 6.92 Å². The van der Waals surface area contributed by atoms with Crippen molar-refractivity contribution >= 4 is 5.69 Å². The molecule has 2 heterocycles. The average Bonchev–Trinajstić information content (AvgIpc) is 2.80. The number of nitrogens with one attached hydrogen (secondary N) is 2. The Hall–Kier alpha value is -2.25. The fourth-order valence-electron chi connectivity index (χ4n) is 1.48. The predicted molar refractivity (Wildman–Crippen MR) is 66.4 cm³/mol. The molecule has 2 rings (SSSR count). The van der Waals surface area contributed by atoms with E-state index in [0.29, 0.717) is 12.2 Å². The van der Waals surface area contributed by atoms with Gasteiger partial charge in [0.1, 0.15) is 0 Å². The van der Waals surface area contributed by atoms with E-state index < -0.39 is 12.8 Å². The molecular formula is C12H13F3N4O. The van der Waals surface area contributed by atoms with Gasteiger partial charge in [-0.05, 0) is 13.0 Å². The lowest BCUT2D eigenvalue weighted by molar-refractivity contribution is -0.154. The minimum atomic E-state index is -4.36. The van der Waals surface area contributed by atoms with Gasteiger partial charge in [0.2, 0.25) is 5.88 Å². The highest BCUT2D eigenvalue weighted by Gasteiger charge is 2.28. The van der Waals surface area contributed by atoms with Gasteiger partial charge in [0.15, 0.2) is 6.61 Å². The molecule has 0 saturated heterocycles. The Morgan fingerprint density at radius 3 is 2.65 bits per heavy atom. The first-order chi connectivity index (χ1) is 9.44. The van der Waals surface area contributed by atoms with Crippen LogP contribution in [0.2, 0.25) is 0 Å². The number of nitrogens with zero attached hydrogens (tertiary/aromatic N) is 2. The van der Waals surface area contributed by atoms with Crippen molar-refractivity contribution < 1.29 is 17.9 Å². The van der Waals surface area contributed by atoms with E-state index in [1.165, 1.54) is 12.3 Å². The van der Waals surface area contributed by atoms with Crippen molar-refractivity contribution in [2.24, 2.45) is 0 Å². The highest BCUT2D eigenvalue weighted by atomic mass is 19.4. The van der Waals surface area contributed by atoms with Crippen molar-refractivity contribution in [2.45, 2.75) is 19.6 Å². The van der Waals surface area contributed by atoms with Crippen LogP contribution in [0.3, 0.4) is 0 Å². The standard InChI is InChI=1S/C12H13F3N4O/c1-8-10(19-7-18-8)5-16-9-2-3-11(17-4-9)20-6-12(13,14)15/h2-4,7,16H,5-6H2,1H3,(H,18,19). The normalized spacial score (nSPS) is 11.4. The molecule has 8 heteroatoms. The van der Waals surface area contributed by atoms with Gasteiger partial charge in [-0.15, -0.1) is 0 Å². The van der Waals surface area contributed by atoms with Gasteiger partial charge in [-0.2, -0.15) is 13.2 Å². The maximum Gasteiger partial charge on any atom is 0.422 e. The summed E-state index contributed by atoms with van der Waals surface area (Å²) in [5.41, 5.74) is 2.49. The molecule has 0 aliphatic carbocycles. The van der Waals surface area contributed by atoms with Crippen LogP contribution in [-0.4, -0.2) is 27.7 Å². The Kier molecular flexibility index (Phi) is 4.11. The second-order valence-corrected chi connectivity index (χ2v) is 4.12. The molecule has 108 valence electrons. The molecule has 0 aromatic carbocycles.